The minimum absolute atomic E-state index is 0.0646. The van der Waals surface area contributed by atoms with E-state index in [1.165, 1.54) is 10.8 Å². The van der Waals surface area contributed by atoms with Gasteiger partial charge in [0.1, 0.15) is 18.3 Å². The third kappa shape index (κ3) is 6.36. The van der Waals surface area contributed by atoms with Crippen LogP contribution in [0.2, 0.25) is 0 Å². The fourth-order valence-corrected chi connectivity index (χ4v) is 8.34. The summed E-state index contributed by atoms with van der Waals surface area (Å²) in [5, 5.41) is 12.1. The highest BCUT2D eigenvalue weighted by molar-refractivity contribution is 6.86. The van der Waals surface area contributed by atoms with Crippen molar-refractivity contribution in [2.75, 3.05) is 26.9 Å². The van der Waals surface area contributed by atoms with Gasteiger partial charge in [-0.1, -0.05) is 71.0 Å². The Morgan fingerprint density at radius 3 is 2.20 bits per heavy atom. The number of hydrogen-bond donors (Lipinski definition) is 3. The topological polar surface area (TPSA) is 124 Å². The van der Waals surface area contributed by atoms with Gasteiger partial charge in [-0.15, -0.1) is 0 Å². The van der Waals surface area contributed by atoms with Crippen LogP contribution in [0.3, 0.4) is 0 Å². The average Bonchev–Trinajstić information content (AvgIpc) is 3.20. The molecule has 40 heavy (non-hydrogen) atoms. The molecule has 3 aromatic rings. The average molecular weight is 569 g/mol. The van der Waals surface area contributed by atoms with Crippen molar-refractivity contribution in [3.63, 3.8) is 0 Å². The van der Waals surface area contributed by atoms with Gasteiger partial charge in [0.15, 0.2) is 14.1 Å². The summed E-state index contributed by atoms with van der Waals surface area (Å²) in [5.74, 6) is 0. The fourth-order valence-electron chi connectivity index (χ4n) is 4.91. The predicted octanol–water partition coefficient (Wildman–Crippen LogP) is 0.457. The van der Waals surface area contributed by atoms with Crippen LogP contribution < -0.4 is 27.1 Å². The SMILES string of the molecule is CNOCCO[C@@H]1[C@H](O)[C@@H](COC(C)(C)C)O[C@]1(n1cc(C)c(=O)[nH]c1=O)[Si](c1ccccc1)c1ccccc1. The summed E-state index contributed by atoms with van der Waals surface area (Å²) in [6.07, 6.45) is -1.51. The number of aromatic amines is 1. The minimum Gasteiger partial charge on any atom is -0.387 e. The quantitative estimate of drug-likeness (QED) is 0.173. The van der Waals surface area contributed by atoms with E-state index >= 15 is 0 Å². The molecule has 10 nitrogen and oxygen atoms in total. The summed E-state index contributed by atoms with van der Waals surface area (Å²) in [4.78, 5) is 33.8. The molecule has 0 saturated carbocycles. The third-order valence-electron chi connectivity index (χ3n) is 6.68. The number of aromatic nitrogens is 2. The van der Waals surface area contributed by atoms with Crippen molar-refractivity contribution in [2.45, 2.75) is 57.0 Å². The molecule has 1 aliphatic rings. The van der Waals surface area contributed by atoms with Crippen molar-refractivity contribution in [2.24, 2.45) is 0 Å². The van der Waals surface area contributed by atoms with E-state index < -0.39 is 49.3 Å². The monoisotopic (exact) mass is 568 g/mol. The first-order valence-electron chi connectivity index (χ1n) is 13.3. The van der Waals surface area contributed by atoms with Gasteiger partial charge in [0.05, 0.1) is 25.4 Å². The zero-order valence-corrected chi connectivity index (χ0v) is 24.5. The van der Waals surface area contributed by atoms with Gasteiger partial charge < -0.3 is 19.3 Å². The molecule has 0 aliphatic carbocycles. The van der Waals surface area contributed by atoms with Crippen LogP contribution in [0, 0.1) is 6.92 Å². The molecule has 215 valence electrons. The second-order valence-corrected chi connectivity index (χ2v) is 13.3. The number of nitrogens with zero attached hydrogens (tertiary/aromatic N) is 1. The molecule has 1 aliphatic heterocycles. The van der Waals surface area contributed by atoms with Gasteiger partial charge in [-0.3, -0.25) is 19.2 Å². The maximum atomic E-state index is 13.6. The molecule has 2 heterocycles. The Hall–Kier alpha value is -2.90. The highest BCUT2D eigenvalue weighted by Gasteiger charge is 2.63. The van der Waals surface area contributed by atoms with Crippen LogP contribution in [0.25, 0.3) is 0 Å². The van der Waals surface area contributed by atoms with Crippen molar-refractivity contribution >= 4 is 19.2 Å². The van der Waals surface area contributed by atoms with E-state index in [-0.39, 0.29) is 19.8 Å². The van der Waals surface area contributed by atoms with Gasteiger partial charge >= 0.3 is 5.69 Å². The van der Waals surface area contributed by atoms with E-state index in [2.05, 4.69) is 10.5 Å². The van der Waals surface area contributed by atoms with Crippen molar-refractivity contribution in [1.82, 2.24) is 15.0 Å². The number of benzene rings is 2. The number of aliphatic hydroxyl groups excluding tert-OH is 1. The van der Waals surface area contributed by atoms with E-state index in [4.69, 9.17) is 19.0 Å². The highest BCUT2D eigenvalue weighted by Crippen LogP contribution is 2.40. The fraction of sp³-hybridized carbons (Fsp3) is 0.448. The number of nitrogens with one attached hydrogen (secondary N) is 2. The molecule has 0 unspecified atom stereocenters. The molecule has 0 spiro atoms. The summed E-state index contributed by atoms with van der Waals surface area (Å²) in [7, 11) is -0.482. The molecule has 0 amide bonds. The lowest BCUT2D eigenvalue weighted by molar-refractivity contribution is -0.131. The first-order valence-corrected chi connectivity index (χ1v) is 14.8. The summed E-state index contributed by atoms with van der Waals surface area (Å²) in [6.45, 7) is 7.75. The molecule has 1 radical (unpaired) electrons. The third-order valence-corrected chi connectivity index (χ3v) is 9.86. The van der Waals surface area contributed by atoms with Crippen molar-refractivity contribution in [3.8, 4) is 0 Å². The van der Waals surface area contributed by atoms with Crippen molar-refractivity contribution < 1.29 is 24.2 Å². The van der Waals surface area contributed by atoms with Crippen molar-refractivity contribution in [3.05, 3.63) is 93.3 Å². The zero-order chi connectivity index (χ0) is 28.9. The van der Waals surface area contributed by atoms with E-state index in [9.17, 15) is 14.7 Å². The normalized spacial score (nSPS) is 23.1. The highest BCUT2D eigenvalue weighted by atomic mass is 28.3. The molecule has 1 aromatic heterocycles. The molecule has 2 aromatic carbocycles. The largest absolute Gasteiger partial charge is 0.387 e. The molecule has 1 saturated heterocycles. The summed E-state index contributed by atoms with van der Waals surface area (Å²) in [6, 6.07) is 19.5. The molecule has 11 heteroatoms. The Bertz CT molecular complexity index is 1320. The van der Waals surface area contributed by atoms with Crippen LogP contribution in [0.1, 0.15) is 26.3 Å². The standard InChI is InChI=1S/C29H38N3O7Si/c1-20-18-32(27(35)31-26(20)34)29(40(21-12-8-6-9-13-21)22-14-10-7-11-15-22)25(36-16-17-38-30-5)24(33)23(39-29)19-37-28(2,3)4/h6-15,18,23-25,30,33H,16-17,19H2,1-5H3,(H,31,34,35)/t23-,24-,25-,29+/m1/s1. The van der Waals surface area contributed by atoms with Crippen LogP contribution in [-0.4, -0.2) is 74.2 Å². The number of ether oxygens (including phenoxy) is 3. The Morgan fingerprint density at radius 2 is 1.65 bits per heavy atom. The second-order valence-electron chi connectivity index (χ2n) is 10.7. The Morgan fingerprint density at radius 1 is 1.05 bits per heavy atom. The molecule has 4 atom stereocenters. The number of aryl methyl sites for hydroxylation is 1. The first kappa shape index (κ1) is 30.1. The molecular weight excluding hydrogens is 530 g/mol. The Kier molecular flexibility index (Phi) is 9.57. The number of H-pyrrole nitrogens is 1. The lowest BCUT2D eigenvalue weighted by Crippen LogP contribution is -2.69. The minimum atomic E-state index is -2.13. The van der Waals surface area contributed by atoms with Gasteiger partial charge in [0.25, 0.3) is 5.56 Å². The number of hydroxylamine groups is 1. The lowest BCUT2D eigenvalue weighted by Gasteiger charge is -2.42. The number of aliphatic hydroxyl groups is 1. The van der Waals surface area contributed by atoms with E-state index in [0.717, 1.165) is 10.4 Å². The van der Waals surface area contributed by atoms with Crippen LogP contribution in [-0.2, 0) is 24.4 Å². The van der Waals surface area contributed by atoms with Crippen LogP contribution in [0.4, 0.5) is 0 Å². The Balaban J connectivity index is 2.00. The maximum Gasteiger partial charge on any atom is 0.330 e. The molecule has 1 fully saturated rings. The van der Waals surface area contributed by atoms with Crippen LogP contribution in [0.5, 0.6) is 0 Å². The van der Waals surface area contributed by atoms with Gasteiger partial charge in [-0.05, 0) is 27.7 Å². The van der Waals surface area contributed by atoms with E-state index in [1.807, 2.05) is 81.4 Å². The molecular formula is C29H38N3O7Si. The first-order chi connectivity index (χ1) is 19.1. The maximum absolute atomic E-state index is 13.6. The lowest BCUT2D eigenvalue weighted by atomic mass is 10.1. The zero-order valence-electron chi connectivity index (χ0n) is 23.5. The van der Waals surface area contributed by atoms with Gasteiger partial charge in [0, 0.05) is 18.8 Å². The van der Waals surface area contributed by atoms with E-state index in [1.54, 1.807) is 14.0 Å². The van der Waals surface area contributed by atoms with Crippen molar-refractivity contribution in [1.29, 1.82) is 0 Å². The van der Waals surface area contributed by atoms with Gasteiger partial charge in [-0.2, -0.15) is 0 Å². The van der Waals surface area contributed by atoms with Gasteiger partial charge in [-0.25, -0.2) is 10.3 Å². The van der Waals surface area contributed by atoms with Crippen LogP contribution in [0.15, 0.2) is 76.4 Å². The van der Waals surface area contributed by atoms with Gasteiger partial charge in [0.2, 0.25) is 0 Å². The molecule has 4 rings (SSSR count). The van der Waals surface area contributed by atoms with Crippen LogP contribution >= 0.6 is 0 Å². The second kappa shape index (κ2) is 12.7. The predicted molar refractivity (Wildman–Crippen MR) is 153 cm³/mol. The summed E-state index contributed by atoms with van der Waals surface area (Å²) >= 11 is 0. The summed E-state index contributed by atoms with van der Waals surface area (Å²) in [5.41, 5.74) is 1.30. The molecule has 3 N–H and O–H groups in total. The Labute approximate surface area is 235 Å². The van der Waals surface area contributed by atoms with E-state index in [0.29, 0.717) is 5.56 Å². The number of hydrogen-bond acceptors (Lipinski definition) is 8. The molecule has 0 bridgehead atoms. The smallest absolute Gasteiger partial charge is 0.330 e. The summed E-state index contributed by atoms with van der Waals surface area (Å²) < 4.78 is 20.7. The number of rotatable bonds is 11.